The first-order valence-electron chi connectivity index (χ1n) is 13.4. The summed E-state index contributed by atoms with van der Waals surface area (Å²) in [5, 5.41) is 14.9. The minimum atomic E-state index is -0.651. The molecule has 2 heterocycles. The summed E-state index contributed by atoms with van der Waals surface area (Å²) in [5.74, 6) is 0.126. The molecule has 4 rings (SSSR count). The minimum Gasteiger partial charge on any atom is -0.344 e. The van der Waals surface area contributed by atoms with Crippen molar-refractivity contribution in [2.45, 2.75) is 76.8 Å². The lowest BCUT2D eigenvalue weighted by molar-refractivity contribution is -0.127. The van der Waals surface area contributed by atoms with Crippen molar-refractivity contribution >= 4 is 28.9 Å². The highest BCUT2D eigenvalue weighted by molar-refractivity contribution is 6.42. The molecule has 1 fully saturated rings. The monoisotopic (exact) mass is 489 g/mol. The van der Waals surface area contributed by atoms with Crippen LogP contribution in [0.25, 0.3) is 0 Å². The standard InChI is InChI=1S/C29H39N5O2/c1-4-23(22-14-16-32-25(18-22)34-17-15-20-10-8-9-13-24(20)34)26(30)28(35)27(21-11-6-5-7-12-21)33-29(36)19(2)31-3/h8-10,13-14,16,18-19,21,23,27,30-31H,4-7,11-12,15,17H2,1-3H3,(H,33,36)/t19-,23-,27-/m0/s1. The molecule has 36 heavy (non-hydrogen) atoms. The third kappa shape index (κ3) is 5.51. The van der Waals surface area contributed by atoms with Crippen LogP contribution >= 0.6 is 0 Å². The lowest BCUT2D eigenvalue weighted by Gasteiger charge is -2.32. The number of amides is 1. The first-order valence-corrected chi connectivity index (χ1v) is 13.4. The molecule has 0 bridgehead atoms. The largest absolute Gasteiger partial charge is 0.344 e. The molecule has 1 aromatic heterocycles. The second kappa shape index (κ2) is 11.8. The summed E-state index contributed by atoms with van der Waals surface area (Å²) in [5.41, 5.74) is 3.47. The summed E-state index contributed by atoms with van der Waals surface area (Å²) in [6.45, 7) is 4.66. The van der Waals surface area contributed by atoms with Gasteiger partial charge in [-0.05, 0) is 74.9 Å². The molecule has 1 amide bonds. The summed E-state index contributed by atoms with van der Waals surface area (Å²) in [4.78, 5) is 33.4. The molecular weight excluding hydrogens is 450 g/mol. The van der Waals surface area contributed by atoms with E-state index in [0.29, 0.717) is 6.42 Å². The SMILES string of the molecule is CC[C@H](C(=N)C(=O)[C@@H](NC(=O)[C@H](C)NC)C1CCCCC1)c1ccnc(N2CCc3ccccc32)c1. The number of benzene rings is 1. The number of aromatic nitrogens is 1. The molecule has 3 atom stereocenters. The summed E-state index contributed by atoms with van der Waals surface area (Å²) >= 11 is 0. The first kappa shape index (κ1) is 26.0. The molecule has 2 aromatic rings. The van der Waals surface area contributed by atoms with Gasteiger partial charge in [0, 0.05) is 24.3 Å². The third-order valence-electron chi connectivity index (χ3n) is 7.89. The van der Waals surface area contributed by atoms with Gasteiger partial charge < -0.3 is 20.9 Å². The number of carbonyl (C=O) groups is 2. The molecule has 1 aromatic carbocycles. The van der Waals surface area contributed by atoms with Crippen molar-refractivity contribution in [2.75, 3.05) is 18.5 Å². The van der Waals surface area contributed by atoms with Crippen LogP contribution in [0.3, 0.4) is 0 Å². The molecule has 1 saturated carbocycles. The maximum Gasteiger partial charge on any atom is 0.237 e. The molecule has 2 aliphatic rings. The molecule has 0 spiro atoms. The summed E-state index contributed by atoms with van der Waals surface area (Å²) in [7, 11) is 1.73. The normalized spacial score (nSPS) is 18.2. The van der Waals surface area contributed by atoms with Crippen LogP contribution in [-0.4, -0.2) is 48.1 Å². The molecule has 0 unspecified atom stereocenters. The highest BCUT2D eigenvalue weighted by Gasteiger charge is 2.36. The number of carbonyl (C=O) groups excluding carboxylic acids is 2. The Morgan fingerprint density at radius 3 is 2.64 bits per heavy atom. The summed E-state index contributed by atoms with van der Waals surface area (Å²) in [6.07, 6.45) is 8.46. The van der Waals surface area contributed by atoms with E-state index in [1.54, 1.807) is 20.2 Å². The zero-order valence-corrected chi connectivity index (χ0v) is 21.7. The van der Waals surface area contributed by atoms with Gasteiger partial charge in [0.2, 0.25) is 5.91 Å². The highest BCUT2D eigenvalue weighted by atomic mass is 16.2. The van der Waals surface area contributed by atoms with Crippen LogP contribution < -0.4 is 15.5 Å². The predicted molar refractivity (Wildman–Crippen MR) is 144 cm³/mol. The number of nitrogens with zero attached hydrogens (tertiary/aromatic N) is 2. The second-order valence-electron chi connectivity index (χ2n) is 10.1. The fourth-order valence-electron chi connectivity index (χ4n) is 5.59. The molecule has 7 heteroatoms. The Bertz CT molecular complexity index is 1090. The van der Waals surface area contributed by atoms with Crippen molar-refractivity contribution in [1.29, 1.82) is 5.41 Å². The molecule has 7 nitrogen and oxygen atoms in total. The van der Waals surface area contributed by atoms with Gasteiger partial charge in [-0.1, -0.05) is 44.4 Å². The Balaban J connectivity index is 1.57. The average Bonchev–Trinajstić information content (AvgIpc) is 3.36. The number of rotatable bonds is 10. The molecule has 0 saturated heterocycles. The van der Waals surface area contributed by atoms with Crippen molar-refractivity contribution < 1.29 is 9.59 Å². The van der Waals surface area contributed by atoms with Gasteiger partial charge in [-0.2, -0.15) is 0 Å². The van der Waals surface area contributed by atoms with Crippen LogP contribution in [0.2, 0.25) is 0 Å². The summed E-state index contributed by atoms with van der Waals surface area (Å²) in [6, 6.07) is 11.3. The molecule has 1 aliphatic carbocycles. The van der Waals surface area contributed by atoms with Gasteiger partial charge in [-0.25, -0.2) is 4.98 Å². The van der Waals surface area contributed by atoms with Crippen molar-refractivity contribution in [3.05, 3.63) is 53.7 Å². The number of hydrogen-bond acceptors (Lipinski definition) is 6. The maximum absolute atomic E-state index is 13.8. The lowest BCUT2D eigenvalue weighted by Crippen LogP contribution is -2.53. The van der Waals surface area contributed by atoms with Gasteiger partial charge in [0.05, 0.1) is 17.8 Å². The van der Waals surface area contributed by atoms with E-state index >= 15 is 0 Å². The van der Waals surface area contributed by atoms with E-state index in [0.717, 1.165) is 56.5 Å². The van der Waals surface area contributed by atoms with Crippen LogP contribution in [0.1, 0.15) is 69.4 Å². The Labute approximate surface area is 214 Å². The first-order chi connectivity index (χ1) is 17.4. The molecule has 192 valence electrons. The van der Waals surface area contributed by atoms with Gasteiger partial charge in [-0.15, -0.1) is 0 Å². The van der Waals surface area contributed by atoms with Crippen molar-refractivity contribution in [1.82, 2.24) is 15.6 Å². The number of likely N-dealkylation sites (N-methyl/N-ethyl adjacent to an activating group) is 1. The van der Waals surface area contributed by atoms with Gasteiger partial charge in [0.25, 0.3) is 0 Å². The van der Waals surface area contributed by atoms with Crippen molar-refractivity contribution in [3.8, 4) is 0 Å². The van der Waals surface area contributed by atoms with Gasteiger partial charge in [0.1, 0.15) is 5.82 Å². The fourth-order valence-corrected chi connectivity index (χ4v) is 5.59. The Hall–Kier alpha value is -3.06. The van der Waals surface area contributed by atoms with E-state index in [-0.39, 0.29) is 29.2 Å². The molecule has 3 N–H and O–H groups in total. The van der Waals surface area contributed by atoms with E-state index in [1.807, 2.05) is 25.1 Å². The molecular formula is C29H39N5O2. The van der Waals surface area contributed by atoms with E-state index in [4.69, 9.17) is 5.41 Å². The van der Waals surface area contributed by atoms with E-state index in [1.165, 1.54) is 11.3 Å². The maximum atomic E-state index is 13.8. The zero-order chi connectivity index (χ0) is 25.7. The van der Waals surface area contributed by atoms with E-state index in [2.05, 4.69) is 38.7 Å². The van der Waals surface area contributed by atoms with Crippen molar-refractivity contribution in [2.24, 2.45) is 5.92 Å². The number of Topliss-reactive ketones (excluding diaryl/α,β-unsaturated/α-hetero) is 1. The Morgan fingerprint density at radius 1 is 1.17 bits per heavy atom. The quantitative estimate of drug-likeness (QED) is 0.426. The molecule has 0 radical (unpaired) electrons. The summed E-state index contributed by atoms with van der Waals surface area (Å²) < 4.78 is 0. The second-order valence-corrected chi connectivity index (χ2v) is 10.1. The minimum absolute atomic E-state index is 0.0736. The van der Waals surface area contributed by atoms with Crippen LogP contribution in [-0.2, 0) is 16.0 Å². The van der Waals surface area contributed by atoms with Crippen LogP contribution in [0.4, 0.5) is 11.5 Å². The van der Waals surface area contributed by atoms with Crippen molar-refractivity contribution in [3.63, 3.8) is 0 Å². The van der Waals surface area contributed by atoms with Gasteiger partial charge in [0.15, 0.2) is 5.78 Å². The topological polar surface area (TPSA) is 98.2 Å². The van der Waals surface area contributed by atoms with Gasteiger partial charge in [-0.3, -0.25) is 9.59 Å². The van der Waals surface area contributed by atoms with E-state index in [9.17, 15) is 9.59 Å². The smallest absolute Gasteiger partial charge is 0.237 e. The Morgan fingerprint density at radius 2 is 1.92 bits per heavy atom. The fraction of sp³-hybridized carbons (Fsp3) is 0.517. The number of hydrogen-bond donors (Lipinski definition) is 3. The highest BCUT2D eigenvalue weighted by Crippen LogP contribution is 2.35. The molecule has 1 aliphatic heterocycles. The zero-order valence-electron chi connectivity index (χ0n) is 21.7. The van der Waals surface area contributed by atoms with Gasteiger partial charge >= 0.3 is 0 Å². The predicted octanol–water partition coefficient (Wildman–Crippen LogP) is 4.53. The van der Waals surface area contributed by atoms with E-state index < -0.39 is 12.1 Å². The Kier molecular flexibility index (Phi) is 8.52. The van der Waals surface area contributed by atoms with Crippen LogP contribution in [0.5, 0.6) is 0 Å². The number of nitrogens with one attached hydrogen (secondary N) is 3. The number of fused-ring (bicyclic) bond motifs is 1. The number of ketones is 1. The number of anilines is 2. The number of para-hydroxylation sites is 1. The third-order valence-corrected chi connectivity index (χ3v) is 7.89. The number of pyridine rings is 1. The lowest BCUT2D eigenvalue weighted by atomic mass is 9.78. The van der Waals surface area contributed by atoms with Crippen LogP contribution in [0, 0.1) is 11.3 Å². The van der Waals surface area contributed by atoms with Crippen LogP contribution in [0.15, 0.2) is 42.6 Å². The average molecular weight is 490 g/mol.